The van der Waals surface area contributed by atoms with Gasteiger partial charge in [-0.25, -0.2) is 4.79 Å². The lowest BCUT2D eigenvalue weighted by molar-refractivity contribution is 0.0697. The van der Waals surface area contributed by atoms with Gasteiger partial charge in [-0.1, -0.05) is 18.2 Å². The number of carbonyl (C=O) groups is 1. The highest BCUT2D eigenvalue weighted by Crippen LogP contribution is 2.31. The maximum atomic E-state index is 10.9. The highest BCUT2D eigenvalue weighted by atomic mass is 16.4. The molecular weight excluding hydrogens is 264 g/mol. The largest absolute Gasteiger partial charge is 0.478 e. The molecule has 3 rings (SSSR count). The standard InChI is InChI=1S/C17H16N2O2/c20-17(21)13-7-3-8-14(11-13)18-19-16-10-4-6-12-5-1-2-9-15(12)16/h3-4,6-8,10-11H,1-2,5,9H2,(H,20,21)/b19-18+. The maximum absolute atomic E-state index is 10.9. The topological polar surface area (TPSA) is 62.0 Å². The third-order valence-corrected chi connectivity index (χ3v) is 3.74. The van der Waals surface area contributed by atoms with E-state index in [4.69, 9.17) is 5.11 Å². The summed E-state index contributed by atoms with van der Waals surface area (Å²) in [5, 5.41) is 17.5. The molecule has 1 N–H and O–H groups in total. The minimum Gasteiger partial charge on any atom is -0.478 e. The Morgan fingerprint density at radius 1 is 1.00 bits per heavy atom. The van der Waals surface area contributed by atoms with Gasteiger partial charge >= 0.3 is 5.97 Å². The molecule has 4 nitrogen and oxygen atoms in total. The molecule has 0 heterocycles. The zero-order chi connectivity index (χ0) is 14.7. The molecule has 1 aliphatic carbocycles. The van der Waals surface area contributed by atoms with Crippen molar-refractivity contribution in [2.45, 2.75) is 25.7 Å². The van der Waals surface area contributed by atoms with Crippen LogP contribution in [0, 0.1) is 0 Å². The minimum absolute atomic E-state index is 0.224. The van der Waals surface area contributed by atoms with E-state index in [1.165, 1.54) is 30.0 Å². The van der Waals surface area contributed by atoms with Gasteiger partial charge in [-0.3, -0.25) is 0 Å². The van der Waals surface area contributed by atoms with E-state index in [2.05, 4.69) is 16.3 Å². The summed E-state index contributed by atoms with van der Waals surface area (Å²) < 4.78 is 0. The van der Waals surface area contributed by atoms with Gasteiger partial charge in [-0.15, -0.1) is 0 Å². The third-order valence-electron chi connectivity index (χ3n) is 3.74. The van der Waals surface area contributed by atoms with Crippen LogP contribution in [-0.4, -0.2) is 11.1 Å². The fourth-order valence-electron chi connectivity index (χ4n) is 2.67. The van der Waals surface area contributed by atoms with E-state index in [-0.39, 0.29) is 5.56 Å². The van der Waals surface area contributed by atoms with E-state index in [0.717, 1.165) is 18.5 Å². The second-order valence-corrected chi connectivity index (χ2v) is 5.18. The quantitative estimate of drug-likeness (QED) is 0.830. The highest BCUT2D eigenvalue weighted by Gasteiger charge is 2.12. The van der Waals surface area contributed by atoms with Crippen molar-refractivity contribution in [1.29, 1.82) is 0 Å². The Bertz CT molecular complexity index is 708. The monoisotopic (exact) mass is 280 g/mol. The lowest BCUT2D eigenvalue weighted by Gasteiger charge is -2.16. The molecule has 0 atom stereocenters. The van der Waals surface area contributed by atoms with Crippen molar-refractivity contribution in [3.63, 3.8) is 0 Å². The molecule has 0 spiro atoms. The number of rotatable bonds is 3. The predicted molar refractivity (Wildman–Crippen MR) is 80.7 cm³/mol. The number of hydrogen-bond donors (Lipinski definition) is 1. The number of benzene rings is 2. The van der Waals surface area contributed by atoms with Crippen LogP contribution < -0.4 is 0 Å². The van der Waals surface area contributed by atoms with Crippen LogP contribution in [0.3, 0.4) is 0 Å². The number of aromatic carboxylic acids is 1. The van der Waals surface area contributed by atoms with Crippen molar-refractivity contribution in [3.8, 4) is 0 Å². The van der Waals surface area contributed by atoms with Gasteiger partial charge in [0.15, 0.2) is 0 Å². The average molecular weight is 280 g/mol. The van der Waals surface area contributed by atoms with E-state index in [1.807, 2.05) is 12.1 Å². The summed E-state index contributed by atoms with van der Waals surface area (Å²) in [6.45, 7) is 0. The van der Waals surface area contributed by atoms with Gasteiger partial charge < -0.3 is 5.11 Å². The van der Waals surface area contributed by atoms with Gasteiger partial charge in [-0.05, 0) is 61.1 Å². The van der Waals surface area contributed by atoms with Gasteiger partial charge in [0.05, 0.1) is 16.9 Å². The van der Waals surface area contributed by atoms with Crippen molar-refractivity contribution in [2.24, 2.45) is 10.2 Å². The number of carboxylic acid groups (broad SMARTS) is 1. The smallest absolute Gasteiger partial charge is 0.335 e. The van der Waals surface area contributed by atoms with Crippen LogP contribution in [-0.2, 0) is 12.8 Å². The van der Waals surface area contributed by atoms with E-state index in [1.54, 1.807) is 18.2 Å². The van der Waals surface area contributed by atoms with Crippen molar-refractivity contribution >= 4 is 17.3 Å². The first kappa shape index (κ1) is 13.5. The van der Waals surface area contributed by atoms with E-state index in [0.29, 0.717) is 5.69 Å². The number of nitrogens with zero attached hydrogens (tertiary/aromatic N) is 2. The van der Waals surface area contributed by atoms with E-state index in [9.17, 15) is 4.79 Å². The molecule has 0 amide bonds. The molecule has 1 aliphatic rings. The first-order valence-corrected chi connectivity index (χ1v) is 7.10. The Morgan fingerprint density at radius 3 is 2.67 bits per heavy atom. The Hall–Kier alpha value is -2.49. The second kappa shape index (κ2) is 5.87. The molecule has 21 heavy (non-hydrogen) atoms. The predicted octanol–water partition coefficient (Wildman–Crippen LogP) is 4.68. The molecule has 0 saturated carbocycles. The van der Waals surface area contributed by atoms with Crippen LogP contribution in [0.4, 0.5) is 11.4 Å². The zero-order valence-electron chi connectivity index (χ0n) is 11.6. The van der Waals surface area contributed by atoms with Crippen molar-refractivity contribution in [1.82, 2.24) is 0 Å². The summed E-state index contributed by atoms with van der Waals surface area (Å²) in [7, 11) is 0. The van der Waals surface area contributed by atoms with Crippen molar-refractivity contribution in [3.05, 3.63) is 59.2 Å². The Morgan fingerprint density at radius 2 is 1.81 bits per heavy atom. The number of aryl methyl sites for hydroxylation is 1. The van der Waals surface area contributed by atoms with Crippen LogP contribution in [0.5, 0.6) is 0 Å². The van der Waals surface area contributed by atoms with Crippen LogP contribution in [0.25, 0.3) is 0 Å². The van der Waals surface area contributed by atoms with Gasteiger partial charge in [0.2, 0.25) is 0 Å². The van der Waals surface area contributed by atoms with Gasteiger partial charge in [0.1, 0.15) is 0 Å². The van der Waals surface area contributed by atoms with Crippen molar-refractivity contribution < 1.29 is 9.90 Å². The number of azo groups is 1. The molecule has 2 aromatic rings. The number of carboxylic acids is 1. The molecule has 0 radical (unpaired) electrons. The summed E-state index contributed by atoms with van der Waals surface area (Å²) in [6, 6.07) is 12.6. The molecule has 0 saturated heterocycles. The lowest BCUT2D eigenvalue weighted by Crippen LogP contribution is -2.01. The molecule has 0 aliphatic heterocycles. The summed E-state index contributed by atoms with van der Waals surface area (Å²) in [5.74, 6) is -0.954. The molecule has 4 heteroatoms. The van der Waals surface area contributed by atoms with Gasteiger partial charge in [0, 0.05) is 0 Å². The first-order chi connectivity index (χ1) is 10.2. The number of fused-ring (bicyclic) bond motifs is 1. The SMILES string of the molecule is O=C(O)c1cccc(/N=N/c2cccc3c2CCCC3)c1. The normalized spacial score (nSPS) is 14.1. The molecule has 0 unspecified atom stereocenters. The Labute approximate surface area is 123 Å². The highest BCUT2D eigenvalue weighted by molar-refractivity contribution is 5.88. The summed E-state index contributed by atoms with van der Waals surface area (Å²) in [4.78, 5) is 10.9. The molecule has 0 fully saturated rings. The van der Waals surface area contributed by atoms with Crippen LogP contribution in [0.2, 0.25) is 0 Å². The molecule has 2 aromatic carbocycles. The second-order valence-electron chi connectivity index (χ2n) is 5.18. The maximum Gasteiger partial charge on any atom is 0.335 e. The fraction of sp³-hybridized carbons (Fsp3) is 0.235. The number of hydrogen-bond acceptors (Lipinski definition) is 3. The Balaban J connectivity index is 1.90. The van der Waals surface area contributed by atoms with E-state index < -0.39 is 5.97 Å². The summed E-state index contributed by atoms with van der Waals surface area (Å²) in [6.07, 6.45) is 4.56. The van der Waals surface area contributed by atoms with Crippen LogP contribution >= 0.6 is 0 Å². The average Bonchev–Trinajstić information content (AvgIpc) is 2.53. The third kappa shape index (κ3) is 2.99. The molecular formula is C17H16N2O2. The molecule has 0 bridgehead atoms. The molecule has 106 valence electrons. The lowest BCUT2D eigenvalue weighted by atomic mass is 9.91. The van der Waals surface area contributed by atoms with Gasteiger partial charge in [-0.2, -0.15) is 10.2 Å². The minimum atomic E-state index is -0.954. The molecule has 0 aromatic heterocycles. The summed E-state index contributed by atoms with van der Waals surface area (Å²) in [5.41, 5.74) is 4.32. The van der Waals surface area contributed by atoms with Crippen LogP contribution in [0.1, 0.15) is 34.3 Å². The van der Waals surface area contributed by atoms with Crippen LogP contribution in [0.15, 0.2) is 52.7 Å². The first-order valence-electron chi connectivity index (χ1n) is 7.10. The zero-order valence-corrected chi connectivity index (χ0v) is 11.6. The fourth-order valence-corrected chi connectivity index (χ4v) is 2.67. The summed E-state index contributed by atoms with van der Waals surface area (Å²) >= 11 is 0. The van der Waals surface area contributed by atoms with E-state index >= 15 is 0 Å². The van der Waals surface area contributed by atoms with Gasteiger partial charge in [0.25, 0.3) is 0 Å². The van der Waals surface area contributed by atoms with Crippen molar-refractivity contribution in [2.75, 3.05) is 0 Å². The Kier molecular flexibility index (Phi) is 3.77.